The van der Waals surface area contributed by atoms with Gasteiger partial charge in [-0.3, -0.25) is 0 Å². The first kappa shape index (κ1) is 6.16. The first-order chi connectivity index (χ1) is 4.33. The predicted octanol–water partition coefficient (Wildman–Crippen LogP) is 1.74. The van der Waals surface area contributed by atoms with E-state index in [0.29, 0.717) is 5.76 Å². The van der Waals surface area contributed by atoms with Crippen molar-refractivity contribution in [2.45, 2.75) is 0 Å². The molecule has 4 heteroatoms. The molecule has 0 radical (unpaired) electrons. The van der Waals surface area contributed by atoms with E-state index in [1.807, 2.05) is 0 Å². The molecular weight excluding hydrogens is 142 g/mol. The third-order valence-corrected chi connectivity index (χ3v) is 0.982. The predicted molar refractivity (Wildman–Crippen MR) is 33.1 cm³/mol. The molecule has 0 bridgehead atoms. The van der Waals surface area contributed by atoms with E-state index < -0.39 is 0 Å². The maximum Gasteiger partial charge on any atom is 0.193 e. The van der Waals surface area contributed by atoms with E-state index in [1.54, 1.807) is 12.1 Å². The Balaban J connectivity index is 2.85. The van der Waals surface area contributed by atoms with Gasteiger partial charge in [-0.05, 0) is 23.7 Å². The van der Waals surface area contributed by atoms with E-state index in [2.05, 4.69) is 5.16 Å². The third kappa shape index (κ3) is 1.47. The highest BCUT2D eigenvalue weighted by Crippen LogP contribution is 2.10. The van der Waals surface area contributed by atoms with Crippen molar-refractivity contribution in [1.82, 2.24) is 0 Å². The number of rotatable bonds is 1. The molecule has 0 aromatic carbocycles. The number of hydrogen-bond donors (Lipinski definition) is 1. The maximum atomic E-state index is 8.00. The Bertz CT molecular complexity index is 218. The SMILES string of the molecule is O/N=C\c1ccc(Cl)o1. The molecule has 3 nitrogen and oxygen atoms in total. The lowest BCUT2D eigenvalue weighted by Crippen LogP contribution is -1.70. The molecule has 1 aromatic heterocycles. The average molecular weight is 146 g/mol. The Morgan fingerprint density at radius 3 is 2.89 bits per heavy atom. The van der Waals surface area contributed by atoms with Crippen LogP contribution < -0.4 is 0 Å². The van der Waals surface area contributed by atoms with Gasteiger partial charge < -0.3 is 9.62 Å². The summed E-state index contributed by atoms with van der Waals surface area (Å²) in [5.41, 5.74) is 0. The van der Waals surface area contributed by atoms with Crippen molar-refractivity contribution in [3.8, 4) is 0 Å². The van der Waals surface area contributed by atoms with Gasteiger partial charge in [0.05, 0.1) is 0 Å². The van der Waals surface area contributed by atoms with Crippen LogP contribution in [0.2, 0.25) is 5.22 Å². The zero-order valence-corrected chi connectivity index (χ0v) is 5.17. The Kier molecular flexibility index (Phi) is 1.75. The van der Waals surface area contributed by atoms with Crippen LogP contribution in [0.25, 0.3) is 0 Å². The average Bonchev–Trinajstić information content (AvgIpc) is 2.17. The summed E-state index contributed by atoms with van der Waals surface area (Å²) in [5, 5.41) is 11.0. The van der Waals surface area contributed by atoms with Gasteiger partial charge in [0.1, 0.15) is 6.21 Å². The highest BCUT2D eigenvalue weighted by Gasteiger charge is 1.93. The van der Waals surface area contributed by atoms with Gasteiger partial charge in [0, 0.05) is 0 Å². The highest BCUT2D eigenvalue weighted by molar-refractivity contribution is 6.28. The molecule has 1 aromatic rings. The minimum Gasteiger partial charge on any atom is -0.444 e. The Hall–Kier alpha value is -0.960. The molecule has 0 unspecified atom stereocenters. The smallest absolute Gasteiger partial charge is 0.193 e. The van der Waals surface area contributed by atoms with Gasteiger partial charge in [0.15, 0.2) is 11.0 Å². The summed E-state index contributed by atoms with van der Waals surface area (Å²) in [6.45, 7) is 0. The van der Waals surface area contributed by atoms with Gasteiger partial charge in [-0.2, -0.15) is 0 Å². The molecule has 1 heterocycles. The molecular formula is C5H4ClNO2. The molecule has 9 heavy (non-hydrogen) atoms. The van der Waals surface area contributed by atoms with Crippen LogP contribution in [0.4, 0.5) is 0 Å². The molecule has 0 aliphatic heterocycles. The van der Waals surface area contributed by atoms with Crippen LogP contribution in [0.3, 0.4) is 0 Å². The topological polar surface area (TPSA) is 45.7 Å². The lowest BCUT2D eigenvalue weighted by Gasteiger charge is -1.77. The molecule has 1 rings (SSSR count). The molecule has 0 saturated heterocycles. The normalized spacial score (nSPS) is 10.8. The van der Waals surface area contributed by atoms with Crippen LogP contribution in [-0.4, -0.2) is 11.4 Å². The summed E-state index contributed by atoms with van der Waals surface area (Å²) >= 11 is 5.39. The zero-order chi connectivity index (χ0) is 6.69. The summed E-state index contributed by atoms with van der Waals surface area (Å²) in [6.07, 6.45) is 1.16. The lowest BCUT2D eigenvalue weighted by atomic mass is 10.5. The van der Waals surface area contributed by atoms with Gasteiger partial charge in [0.2, 0.25) is 0 Å². The lowest BCUT2D eigenvalue weighted by molar-refractivity contribution is 0.320. The van der Waals surface area contributed by atoms with Crippen molar-refractivity contribution < 1.29 is 9.62 Å². The number of hydrogen-bond acceptors (Lipinski definition) is 3. The minimum absolute atomic E-state index is 0.282. The molecule has 0 amide bonds. The first-order valence-electron chi connectivity index (χ1n) is 2.25. The van der Waals surface area contributed by atoms with E-state index in [-0.39, 0.29) is 5.22 Å². The van der Waals surface area contributed by atoms with E-state index in [1.165, 1.54) is 0 Å². The Morgan fingerprint density at radius 1 is 1.67 bits per heavy atom. The highest BCUT2D eigenvalue weighted by atomic mass is 35.5. The summed E-state index contributed by atoms with van der Waals surface area (Å²) < 4.78 is 4.78. The fourth-order valence-corrected chi connectivity index (χ4v) is 0.607. The number of oxime groups is 1. The van der Waals surface area contributed by atoms with Gasteiger partial charge in [-0.1, -0.05) is 5.16 Å². The van der Waals surface area contributed by atoms with E-state index >= 15 is 0 Å². The van der Waals surface area contributed by atoms with Crippen LogP contribution >= 0.6 is 11.6 Å². The summed E-state index contributed by atoms with van der Waals surface area (Å²) in [7, 11) is 0. The van der Waals surface area contributed by atoms with E-state index in [9.17, 15) is 0 Å². The fraction of sp³-hybridized carbons (Fsp3) is 0. The zero-order valence-electron chi connectivity index (χ0n) is 4.41. The van der Waals surface area contributed by atoms with Crippen molar-refractivity contribution in [3.05, 3.63) is 23.1 Å². The van der Waals surface area contributed by atoms with Crippen molar-refractivity contribution in [2.75, 3.05) is 0 Å². The van der Waals surface area contributed by atoms with Crippen molar-refractivity contribution in [2.24, 2.45) is 5.16 Å². The maximum absolute atomic E-state index is 8.00. The minimum atomic E-state index is 0.282. The molecule has 0 spiro atoms. The van der Waals surface area contributed by atoms with E-state index in [4.69, 9.17) is 21.2 Å². The number of halogens is 1. The van der Waals surface area contributed by atoms with Crippen LogP contribution in [0.15, 0.2) is 21.7 Å². The number of furan rings is 1. The second-order valence-electron chi connectivity index (χ2n) is 1.39. The number of nitrogens with zero attached hydrogens (tertiary/aromatic N) is 1. The van der Waals surface area contributed by atoms with Gasteiger partial charge in [-0.25, -0.2) is 0 Å². The van der Waals surface area contributed by atoms with Gasteiger partial charge in [0.25, 0.3) is 0 Å². The second-order valence-corrected chi connectivity index (χ2v) is 1.76. The van der Waals surface area contributed by atoms with Gasteiger partial charge >= 0.3 is 0 Å². The van der Waals surface area contributed by atoms with Gasteiger partial charge in [-0.15, -0.1) is 0 Å². The van der Waals surface area contributed by atoms with Crippen molar-refractivity contribution >= 4 is 17.8 Å². The largest absolute Gasteiger partial charge is 0.444 e. The third-order valence-electron chi connectivity index (χ3n) is 0.779. The van der Waals surface area contributed by atoms with Crippen LogP contribution in [0.1, 0.15) is 5.76 Å². The molecule has 0 fully saturated rings. The Labute approximate surface area is 56.5 Å². The molecule has 0 atom stereocenters. The summed E-state index contributed by atoms with van der Waals surface area (Å²) in [6, 6.07) is 3.17. The fourth-order valence-electron chi connectivity index (χ4n) is 0.455. The molecule has 48 valence electrons. The monoisotopic (exact) mass is 145 g/mol. The molecule has 0 aliphatic rings. The standard InChI is InChI=1S/C5H4ClNO2/c6-5-2-1-4(9-5)3-7-8/h1-3,8H/b7-3-. The summed E-state index contributed by atoms with van der Waals surface area (Å²) in [5.74, 6) is 0.433. The molecule has 0 saturated carbocycles. The van der Waals surface area contributed by atoms with E-state index in [0.717, 1.165) is 6.21 Å². The van der Waals surface area contributed by atoms with Crippen LogP contribution in [0.5, 0.6) is 0 Å². The van der Waals surface area contributed by atoms with Crippen LogP contribution in [-0.2, 0) is 0 Å². The first-order valence-corrected chi connectivity index (χ1v) is 2.63. The van der Waals surface area contributed by atoms with Crippen molar-refractivity contribution in [3.63, 3.8) is 0 Å². The molecule has 0 aliphatic carbocycles. The van der Waals surface area contributed by atoms with Crippen LogP contribution in [0, 0.1) is 0 Å². The Morgan fingerprint density at radius 2 is 2.44 bits per heavy atom. The second kappa shape index (κ2) is 2.55. The molecule has 1 N–H and O–H groups in total. The summed E-state index contributed by atoms with van der Waals surface area (Å²) in [4.78, 5) is 0. The van der Waals surface area contributed by atoms with Crippen molar-refractivity contribution in [1.29, 1.82) is 0 Å². The quantitative estimate of drug-likeness (QED) is 0.372.